The number of carbonyl (C=O) groups is 1. The number of nitrogens with one attached hydrogen (secondary N) is 1. The quantitative estimate of drug-likeness (QED) is 0.850. The number of carbonyl (C=O) groups excluding carboxylic acids is 1. The molecule has 22 heavy (non-hydrogen) atoms. The van der Waals surface area contributed by atoms with Gasteiger partial charge >= 0.3 is 0 Å². The highest BCUT2D eigenvalue weighted by molar-refractivity contribution is 8.02. The van der Waals surface area contributed by atoms with Crippen LogP contribution in [-0.4, -0.2) is 21.4 Å². The Morgan fingerprint density at radius 3 is 2.68 bits per heavy atom. The van der Waals surface area contributed by atoms with Crippen molar-refractivity contribution in [2.45, 2.75) is 41.3 Å². The fourth-order valence-corrected chi connectivity index (χ4v) is 4.17. The van der Waals surface area contributed by atoms with Crippen LogP contribution in [0.4, 0.5) is 4.39 Å². The van der Waals surface area contributed by atoms with E-state index in [1.165, 1.54) is 35.2 Å². The molecule has 0 spiro atoms. The normalized spacial score (nSPS) is 17.5. The second kappa shape index (κ2) is 6.34. The molecule has 7 heteroatoms. The van der Waals surface area contributed by atoms with Crippen molar-refractivity contribution < 1.29 is 9.18 Å². The molecule has 2 aromatic rings. The Bertz CT molecular complexity index is 641. The maximum atomic E-state index is 13.1. The first-order valence-electron chi connectivity index (χ1n) is 7.10. The monoisotopic (exact) mass is 337 g/mol. The Balaban J connectivity index is 1.69. The average Bonchev–Trinajstić information content (AvgIpc) is 2.96. The molecule has 1 amide bonds. The van der Waals surface area contributed by atoms with Gasteiger partial charge in [0.05, 0.1) is 10.8 Å². The van der Waals surface area contributed by atoms with Gasteiger partial charge in [-0.05, 0) is 43.9 Å². The average molecular weight is 337 g/mol. The lowest BCUT2D eigenvalue weighted by atomic mass is 9.71. The summed E-state index contributed by atoms with van der Waals surface area (Å²) in [6, 6.07) is 6.41. The van der Waals surface area contributed by atoms with Crippen LogP contribution < -0.4 is 5.32 Å². The number of amides is 1. The summed E-state index contributed by atoms with van der Waals surface area (Å²) in [6.07, 6.45) is 2.84. The standard InChI is InChI=1S/C15H16FN3OS2/c1-10(22-14-19-17-9-21-14)13(20)18-15(7-2-8-15)11-3-5-12(16)6-4-11/h3-6,9-10H,2,7-8H2,1H3,(H,18,20)/t10-/m1/s1. The summed E-state index contributed by atoms with van der Waals surface area (Å²) in [7, 11) is 0. The van der Waals surface area contributed by atoms with Crippen LogP contribution in [0.2, 0.25) is 0 Å². The van der Waals surface area contributed by atoms with E-state index in [2.05, 4.69) is 15.5 Å². The van der Waals surface area contributed by atoms with E-state index in [1.54, 1.807) is 17.6 Å². The molecule has 1 aliphatic rings. The van der Waals surface area contributed by atoms with Crippen LogP contribution in [0.1, 0.15) is 31.7 Å². The summed E-state index contributed by atoms with van der Waals surface area (Å²) in [5, 5.41) is 10.6. The smallest absolute Gasteiger partial charge is 0.233 e. The molecule has 1 aliphatic carbocycles. The molecule has 1 heterocycles. The fourth-order valence-electron chi connectivity index (χ4n) is 2.54. The van der Waals surface area contributed by atoms with Crippen molar-refractivity contribution in [1.82, 2.24) is 15.5 Å². The van der Waals surface area contributed by atoms with Gasteiger partial charge in [0.25, 0.3) is 0 Å². The molecule has 0 bridgehead atoms. The van der Waals surface area contributed by atoms with E-state index in [9.17, 15) is 9.18 Å². The first kappa shape index (κ1) is 15.4. The molecule has 1 saturated carbocycles. The SMILES string of the molecule is C[C@@H](Sc1nncs1)C(=O)NC1(c2ccc(F)cc2)CCC1. The van der Waals surface area contributed by atoms with Crippen molar-refractivity contribution >= 4 is 29.0 Å². The largest absolute Gasteiger partial charge is 0.346 e. The van der Waals surface area contributed by atoms with E-state index in [1.807, 2.05) is 6.92 Å². The summed E-state index contributed by atoms with van der Waals surface area (Å²) >= 11 is 2.83. The number of hydrogen-bond donors (Lipinski definition) is 1. The summed E-state index contributed by atoms with van der Waals surface area (Å²) in [5.41, 5.74) is 2.28. The lowest BCUT2D eigenvalue weighted by Gasteiger charge is -2.43. The molecule has 1 aromatic carbocycles. The van der Waals surface area contributed by atoms with Crippen LogP contribution in [0, 0.1) is 5.82 Å². The Kier molecular flexibility index (Phi) is 4.44. The van der Waals surface area contributed by atoms with Crippen molar-refractivity contribution in [1.29, 1.82) is 0 Å². The van der Waals surface area contributed by atoms with Gasteiger partial charge in [-0.1, -0.05) is 35.2 Å². The number of aromatic nitrogens is 2. The van der Waals surface area contributed by atoms with Crippen LogP contribution in [0.15, 0.2) is 34.1 Å². The number of rotatable bonds is 5. The second-order valence-corrected chi connectivity index (χ2v) is 7.82. The van der Waals surface area contributed by atoms with E-state index in [-0.39, 0.29) is 22.5 Å². The zero-order valence-corrected chi connectivity index (χ0v) is 13.7. The first-order chi connectivity index (χ1) is 10.6. The van der Waals surface area contributed by atoms with Crippen LogP contribution in [-0.2, 0) is 10.3 Å². The minimum Gasteiger partial charge on any atom is -0.346 e. The Morgan fingerprint density at radius 2 is 2.14 bits per heavy atom. The highest BCUT2D eigenvalue weighted by atomic mass is 32.2. The Morgan fingerprint density at radius 1 is 1.41 bits per heavy atom. The molecule has 0 radical (unpaired) electrons. The summed E-state index contributed by atoms with van der Waals surface area (Å²) in [4.78, 5) is 12.5. The summed E-state index contributed by atoms with van der Waals surface area (Å²) in [6.45, 7) is 1.86. The van der Waals surface area contributed by atoms with E-state index in [0.717, 1.165) is 29.2 Å². The molecule has 1 aromatic heterocycles. The molecule has 3 rings (SSSR count). The first-order valence-corrected chi connectivity index (χ1v) is 8.86. The number of benzene rings is 1. The zero-order chi connectivity index (χ0) is 15.6. The van der Waals surface area contributed by atoms with Gasteiger partial charge in [-0.2, -0.15) is 0 Å². The van der Waals surface area contributed by atoms with Gasteiger partial charge in [-0.25, -0.2) is 4.39 Å². The van der Waals surface area contributed by atoms with Crippen LogP contribution in [0.3, 0.4) is 0 Å². The highest BCUT2D eigenvalue weighted by Crippen LogP contribution is 2.41. The Labute approximate surface area is 136 Å². The number of thioether (sulfide) groups is 1. The molecule has 0 aliphatic heterocycles. The van der Waals surface area contributed by atoms with Crippen molar-refractivity contribution in [3.05, 3.63) is 41.2 Å². The maximum absolute atomic E-state index is 13.1. The maximum Gasteiger partial charge on any atom is 0.233 e. The topological polar surface area (TPSA) is 54.9 Å². The molecular weight excluding hydrogens is 321 g/mol. The lowest BCUT2D eigenvalue weighted by molar-refractivity contribution is -0.123. The third-order valence-electron chi connectivity index (χ3n) is 3.95. The number of nitrogens with zero attached hydrogens (tertiary/aromatic N) is 2. The second-order valence-electron chi connectivity index (χ2n) is 5.40. The molecule has 1 fully saturated rings. The molecule has 4 nitrogen and oxygen atoms in total. The van der Waals surface area contributed by atoms with Crippen LogP contribution in [0.5, 0.6) is 0 Å². The van der Waals surface area contributed by atoms with Gasteiger partial charge in [0.15, 0.2) is 4.34 Å². The molecule has 0 saturated heterocycles. The summed E-state index contributed by atoms with van der Waals surface area (Å²) in [5.74, 6) is -0.283. The lowest BCUT2D eigenvalue weighted by Crippen LogP contribution is -2.52. The van der Waals surface area contributed by atoms with E-state index >= 15 is 0 Å². The van der Waals surface area contributed by atoms with E-state index in [4.69, 9.17) is 0 Å². The predicted octanol–water partition coefficient (Wildman–Crippen LogP) is 3.35. The molecule has 1 N–H and O–H groups in total. The predicted molar refractivity (Wildman–Crippen MR) is 85.3 cm³/mol. The van der Waals surface area contributed by atoms with Gasteiger partial charge in [-0.3, -0.25) is 4.79 Å². The van der Waals surface area contributed by atoms with Crippen molar-refractivity contribution in [3.63, 3.8) is 0 Å². The van der Waals surface area contributed by atoms with E-state index in [0.29, 0.717) is 0 Å². The molecule has 0 unspecified atom stereocenters. The van der Waals surface area contributed by atoms with Crippen LogP contribution in [0.25, 0.3) is 0 Å². The van der Waals surface area contributed by atoms with Crippen molar-refractivity contribution in [2.75, 3.05) is 0 Å². The highest BCUT2D eigenvalue weighted by Gasteiger charge is 2.40. The van der Waals surface area contributed by atoms with Gasteiger partial charge in [-0.15, -0.1) is 10.2 Å². The van der Waals surface area contributed by atoms with Crippen molar-refractivity contribution in [3.8, 4) is 0 Å². The van der Waals surface area contributed by atoms with Crippen molar-refractivity contribution in [2.24, 2.45) is 0 Å². The summed E-state index contributed by atoms with van der Waals surface area (Å²) < 4.78 is 13.9. The number of hydrogen-bond acceptors (Lipinski definition) is 5. The molecular formula is C15H16FN3OS2. The third-order valence-corrected chi connectivity index (χ3v) is 5.86. The van der Waals surface area contributed by atoms with Gasteiger partial charge in [0.2, 0.25) is 5.91 Å². The Hall–Kier alpha value is -1.47. The van der Waals surface area contributed by atoms with Gasteiger partial charge < -0.3 is 5.32 Å². The number of halogens is 1. The molecule has 1 atom stereocenters. The zero-order valence-electron chi connectivity index (χ0n) is 12.1. The minimum absolute atomic E-state index is 0.0239. The molecule has 116 valence electrons. The van der Waals surface area contributed by atoms with Gasteiger partial charge in [0.1, 0.15) is 11.3 Å². The minimum atomic E-state index is -0.346. The van der Waals surface area contributed by atoms with Gasteiger partial charge in [0, 0.05) is 0 Å². The third kappa shape index (κ3) is 3.15. The fraction of sp³-hybridized carbons (Fsp3) is 0.400. The van der Waals surface area contributed by atoms with E-state index < -0.39 is 0 Å². The van der Waals surface area contributed by atoms with Crippen LogP contribution >= 0.6 is 23.1 Å².